The number of aliphatic hydroxyl groups is 3. The number of carbonyl (C=O) groups excluding carboxylic acids is 2. The Morgan fingerprint density at radius 1 is 1.20 bits per heavy atom. The van der Waals surface area contributed by atoms with Gasteiger partial charge in [-0.3, -0.25) is 9.59 Å². The van der Waals surface area contributed by atoms with Crippen LogP contribution in [0.15, 0.2) is 48.0 Å². The van der Waals surface area contributed by atoms with Crippen LogP contribution in [0.4, 0.5) is 4.39 Å². The Morgan fingerprint density at radius 2 is 1.95 bits per heavy atom. The van der Waals surface area contributed by atoms with Gasteiger partial charge in [0.1, 0.15) is 18.0 Å². The Balaban J connectivity index is 2.04. The Hall–Kier alpha value is -2.78. The minimum Gasteiger partial charge on any atom is -0.493 e. The summed E-state index contributed by atoms with van der Waals surface area (Å²) in [6.07, 6.45) is -1.00. The number of hydrogen-bond donors (Lipinski definition) is 4. The molecule has 3 rings (SSSR count). The van der Waals surface area contributed by atoms with Crippen molar-refractivity contribution in [3.05, 3.63) is 68.6 Å². The summed E-state index contributed by atoms with van der Waals surface area (Å²) in [6.45, 7) is -0.519. The maximum atomic E-state index is 14.6. The van der Waals surface area contributed by atoms with E-state index in [1.54, 1.807) is 30.3 Å². The number of hydrogen-bond acceptors (Lipinski definition) is 8. The minimum absolute atomic E-state index is 0.00890. The van der Waals surface area contributed by atoms with Gasteiger partial charge in [0, 0.05) is 37.8 Å². The van der Waals surface area contributed by atoms with E-state index in [0.717, 1.165) is 0 Å². The van der Waals surface area contributed by atoms with E-state index in [2.05, 4.69) is 5.32 Å². The van der Waals surface area contributed by atoms with Gasteiger partial charge in [-0.25, -0.2) is 4.39 Å². The number of carbonyl (C=O) groups is 2. The molecule has 0 aliphatic heterocycles. The molecule has 2 aromatic rings. The molecule has 3 unspecified atom stereocenters. The molecule has 0 bridgehead atoms. The number of ether oxygens (including phenoxy) is 3. The number of methoxy groups -OCH3 is 2. The summed E-state index contributed by atoms with van der Waals surface area (Å²) in [4.78, 5) is 27.7. The van der Waals surface area contributed by atoms with Crippen LogP contribution in [-0.2, 0) is 27.5 Å². The van der Waals surface area contributed by atoms with Crippen molar-refractivity contribution in [1.29, 1.82) is 0 Å². The zero-order valence-electron chi connectivity index (χ0n) is 22.3. The number of halogens is 2. The van der Waals surface area contributed by atoms with Crippen LogP contribution in [0.25, 0.3) is 0 Å². The highest BCUT2D eigenvalue weighted by atomic mass is 127. The summed E-state index contributed by atoms with van der Waals surface area (Å²) in [5.74, 6) is -0.812. The van der Waals surface area contributed by atoms with Gasteiger partial charge in [0.15, 0.2) is 11.5 Å². The van der Waals surface area contributed by atoms with Crippen molar-refractivity contribution in [2.45, 2.75) is 44.2 Å². The molecular formula is C28H34FIN2O8. The summed E-state index contributed by atoms with van der Waals surface area (Å²) >= 11 is 2.02. The maximum Gasteiger partial charge on any atom is 0.247 e. The molecule has 0 radical (unpaired) electrons. The van der Waals surface area contributed by atoms with Gasteiger partial charge in [0.05, 0.1) is 43.0 Å². The molecule has 10 nitrogen and oxygen atoms in total. The second kappa shape index (κ2) is 15.3. The largest absolute Gasteiger partial charge is 0.493 e. The fourth-order valence-electron chi connectivity index (χ4n) is 4.43. The van der Waals surface area contributed by atoms with Crippen molar-refractivity contribution in [1.82, 2.24) is 10.2 Å². The summed E-state index contributed by atoms with van der Waals surface area (Å²) in [5, 5.41) is 32.9. The number of benzene rings is 2. The van der Waals surface area contributed by atoms with Crippen LogP contribution in [0.5, 0.6) is 11.5 Å². The Morgan fingerprint density at radius 3 is 2.60 bits per heavy atom. The lowest BCUT2D eigenvalue weighted by atomic mass is 9.87. The van der Waals surface area contributed by atoms with Crippen LogP contribution in [-0.4, -0.2) is 84.3 Å². The van der Waals surface area contributed by atoms with Crippen LogP contribution in [0.3, 0.4) is 0 Å². The second-order valence-corrected chi connectivity index (χ2v) is 10.3. The van der Waals surface area contributed by atoms with Crippen molar-refractivity contribution < 1.29 is 43.5 Å². The normalized spacial score (nSPS) is 18.6. The third kappa shape index (κ3) is 7.91. The van der Waals surface area contributed by atoms with Gasteiger partial charge in [-0.1, -0.05) is 18.2 Å². The first-order valence-electron chi connectivity index (χ1n) is 12.7. The maximum absolute atomic E-state index is 14.6. The highest BCUT2D eigenvalue weighted by Gasteiger charge is 2.41. The molecule has 0 heterocycles. The Labute approximate surface area is 245 Å². The molecule has 0 fully saturated rings. The van der Waals surface area contributed by atoms with Crippen LogP contribution in [0.2, 0.25) is 0 Å². The van der Waals surface area contributed by atoms with Gasteiger partial charge in [0.25, 0.3) is 0 Å². The smallest absolute Gasteiger partial charge is 0.247 e. The fraction of sp³-hybridized carbons (Fsp3) is 0.429. The minimum atomic E-state index is -1.31. The van der Waals surface area contributed by atoms with E-state index in [9.17, 15) is 29.3 Å². The van der Waals surface area contributed by atoms with Gasteiger partial charge >= 0.3 is 0 Å². The summed E-state index contributed by atoms with van der Waals surface area (Å²) < 4.78 is 32.0. The van der Waals surface area contributed by atoms with E-state index in [1.807, 2.05) is 22.6 Å². The molecule has 0 saturated heterocycles. The predicted molar refractivity (Wildman–Crippen MR) is 152 cm³/mol. The molecule has 1 aliphatic carbocycles. The number of aliphatic hydroxyl groups excluding tert-OH is 3. The van der Waals surface area contributed by atoms with E-state index in [0.29, 0.717) is 14.9 Å². The first kappa shape index (κ1) is 31.7. The van der Waals surface area contributed by atoms with E-state index >= 15 is 0 Å². The summed E-state index contributed by atoms with van der Waals surface area (Å²) in [7, 11) is 2.89. The van der Waals surface area contributed by atoms with E-state index in [1.165, 1.54) is 31.3 Å². The zero-order chi connectivity index (χ0) is 29.2. The molecule has 4 N–H and O–H groups in total. The number of rotatable bonds is 13. The van der Waals surface area contributed by atoms with Crippen LogP contribution in [0.1, 0.15) is 24.0 Å². The van der Waals surface area contributed by atoms with Gasteiger partial charge in [0.2, 0.25) is 11.8 Å². The van der Waals surface area contributed by atoms with E-state index in [4.69, 9.17) is 14.2 Å². The Kier molecular flexibility index (Phi) is 12.1. The molecule has 0 aromatic heterocycles. The number of amides is 2. The number of nitrogens with zero attached hydrogens (tertiary/aromatic N) is 1. The standard InChI is InChI=1S/C28H34FIN2O8/c1-38-10-7-25(35)32(15-18-5-3-4-6-20(18)29)22-13-19(28(37)31-8-9-33)14-23(26(22)36)40-27-21(30)11-17(16-34)12-24(27)39-2/h3-6,11-12,14,22-23,26,33-34,36H,7-10,13,15-16H2,1-2H3,(H,31,37). The van der Waals surface area contributed by atoms with E-state index < -0.39 is 35.9 Å². The first-order valence-corrected chi connectivity index (χ1v) is 13.7. The lowest BCUT2D eigenvalue weighted by molar-refractivity contribution is -0.140. The first-order chi connectivity index (χ1) is 19.2. The molecule has 218 valence electrons. The third-order valence-corrected chi connectivity index (χ3v) is 7.28. The lowest BCUT2D eigenvalue weighted by Crippen LogP contribution is -2.55. The van der Waals surface area contributed by atoms with Gasteiger partial charge in [-0.2, -0.15) is 0 Å². The lowest BCUT2D eigenvalue weighted by Gasteiger charge is -2.40. The second-order valence-electron chi connectivity index (χ2n) is 9.14. The summed E-state index contributed by atoms with van der Waals surface area (Å²) in [6, 6.07) is 8.36. The highest BCUT2D eigenvalue weighted by Crippen LogP contribution is 2.37. The third-order valence-electron chi connectivity index (χ3n) is 6.48. The predicted octanol–water partition coefficient (Wildman–Crippen LogP) is 1.91. The fourth-order valence-corrected chi connectivity index (χ4v) is 5.22. The van der Waals surface area contributed by atoms with Crippen molar-refractivity contribution in [3.8, 4) is 11.5 Å². The average Bonchev–Trinajstić information content (AvgIpc) is 2.96. The molecule has 3 atom stereocenters. The van der Waals surface area contributed by atoms with Gasteiger partial charge in [-0.15, -0.1) is 0 Å². The molecule has 0 saturated carbocycles. The topological polar surface area (TPSA) is 138 Å². The van der Waals surface area contributed by atoms with Gasteiger partial charge in [-0.05, 0) is 52.4 Å². The van der Waals surface area contributed by atoms with Crippen molar-refractivity contribution >= 4 is 34.4 Å². The molecule has 2 amide bonds. The zero-order valence-corrected chi connectivity index (χ0v) is 24.5. The van der Waals surface area contributed by atoms with Crippen molar-refractivity contribution in [2.75, 3.05) is 34.0 Å². The molecular weight excluding hydrogens is 638 g/mol. The molecule has 0 spiro atoms. The molecule has 12 heteroatoms. The number of nitrogens with one attached hydrogen (secondary N) is 1. The SMILES string of the molecule is COCCC(=O)N(Cc1ccccc1F)C1CC(C(=O)NCCO)=CC(Oc2c(I)cc(CO)cc2OC)C1O. The van der Waals surface area contributed by atoms with Crippen LogP contribution < -0.4 is 14.8 Å². The quantitative estimate of drug-likeness (QED) is 0.237. The average molecular weight is 672 g/mol. The molecule has 1 aliphatic rings. The Bertz CT molecular complexity index is 1210. The van der Waals surface area contributed by atoms with Crippen LogP contribution in [0, 0.1) is 9.39 Å². The van der Waals surface area contributed by atoms with Gasteiger partial charge < -0.3 is 39.7 Å². The molecule has 2 aromatic carbocycles. The molecule has 40 heavy (non-hydrogen) atoms. The highest BCUT2D eigenvalue weighted by molar-refractivity contribution is 14.1. The van der Waals surface area contributed by atoms with Crippen molar-refractivity contribution in [2.24, 2.45) is 0 Å². The van der Waals surface area contributed by atoms with Crippen molar-refractivity contribution in [3.63, 3.8) is 0 Å². The van der Waals surface area contributed by atoms with Crippen LogP contribution >= 0.6 is 22.6 Å². The monoisotopic (exact) mass is 672 g/mol. The van der Waals surface area contributed by atoms with E-state index in [-0.39, 0.29) is 62.6 Å². The summed E-state index contributed by atoms with van der Waals surface area (Å²) in [5.41, 5.74) is 1.07.